The van der Waals surface area contributed by atoms with Crippen LogP contribution in [0.1, 0.15) is 6.42 Å². The average molecular weight is 242 g/mol. The summed E-state index contributed by atoms with van der Waals surface area (Å²) in [6, 6.07) is 7.19. The molecule has 1 amide bonds. The average Bonchev–Trinajstić information content (AvgIpc) is 2.04. The van der Waals surface area contributed by atoms with Gasteiger partial charge in [0.1, 0.15) is 6.29 Å². The van der Waals surface area contributed by atoms with Crippen LogP contribution >= 0.6 is 15.9 Å². The van der Waals surface area contributed by atoms with E-state index in [0.29, 0.717) is 12.0 Å². The van der Waals surface area contributed by atoms with Crippen molar-refractivity contribution >= 4 is 33.8 Å². The van der Waals surface area contributed by atoms with Gasteiger partial charge in [0.05, 0.1) is 6.42 Å². The third-order valence-electron chi connectivity index (χ3n) is 1.38. The maximum atomic E-state index is 11.0. The highest BCUT2D eigenvalue weighted by Gasteiger charge is 2.00. The number of halogens is 1. The third kappa shape index (κ3) is 3.38. The first kappa shape index (κ1) is 9.92. The molecule has 4 heteroatoms. The van der Waals surface area contributed by atoms with Crippen LogP contribution in [-0.4, -0.2) is 12.2 Å². The van der Waals surface area contributed by atoms with Crippen molar-refractivity contribution in [3.63, 3.8) is 0 Å². The molecule has 0 fully saturated rings. The molecule has 3 nitrogen and oxygen atoms in total. The predicted molar refractivity (Wildman–Crippen MR) is 53.5 cm³/mol. The van der Waals surface area contributed by atoms with Gasteiger partial charge in [-0.3, -0.25) is 4.79 Å². The van der Waals surface area contributed by atoms with Gasteiger partial charge in [-0.25, -0.2) is 0 Å². The number of anilines is 1. The third-order valence-corrected chi connectivity index (χ3v) is 1.87. The lowest BCUT2D eigenvalue weighted by molar-refractivity contribution is -0.119. The van der Waals surface area contributed by atoms with E-state index in [9.17, 15) is 9.59 Å². The van der Waals surface area contributed by atoms with E-state index in [4.69, 9.17) is 0 Å². The van der Waals surface area contributed by atoms with E-state index in [1.165, 1.54) is 0 Å². The van der Waals surface area contributed by atoms with Gasteiger partial charge >= 0.3 is 0 Å². The number of carbonyl (C=O) groups excluding carboxylic acids is 2. The summed E-state index contributed by atoms with van der Waals surface area (Å²) in [6.45, 7) is 0. The quantitative estimate of drug-likeness (QED) is 0.650. The highest BCUT2D eigenvalue weighted by Crippen LogP contribution is 2.15. The largest absolute Gasteiger partial charge is 0.326 e. The summed E-state index contributed by atoms with van der Waals surface area (Å²) >= 11 is 3.27. The molecule has 1 rings (SSSR count). The van der Waals surface area contributed by atoms with E-state index in [0.717, 1.165) is 4.47 Å². The molecule has 0 aliphatic rings. The van der Waals surface area contributed by atoms with Crippen LogP contribution in [0.3, 0.4) is 0 Å². The first-order valence-corrected chi connectivity index (χ1v) is 4.50. The van der Waals surface area contributed by atoms with E-state index >= 15 is 0 Å². The number of amides is 1. The Morgan fingerprint density at radius 1 is 1.54 bits per heavy atom. The highest BCUT2D eigenvalue weighted by molar-refractivity contribution is 9.10. The smallest absolute Gasteiger partial charge is 0.231 e. The first-order valence-electron chi connectivity index (χ1n) is 3.71. The van der Waals surface area contributed by atoms with Crippen molar-refractivity contribution in [2.75, 3.05) is 5.32 Å². The Balaban J connectivity index is 2.63. The minimum absolute atomic E-state index is 0.105. The number of hydrogen-bond acceptors (Lipinski definition) is 2. The molecule has 0 unspecified atom stereocenters. The molecule has 0 atom stereocenters. The SMILES string of the molecule is O=CCC(=O)Nc1cccc(Br)c1. The topological polar surface area (TPSA) is 46.2 Å². The van der Waals surface area contributed by atoms with E-state index < -0.39 is 0 Å². The van der Waals surface area contributed by atoms with Crippen LogP contribution in [0.4, 0.5) is 5.69 Å². The number of aldehydes is 1. The Labute approximate surface area is 84.3 Å². The zero-order chi connectivity index (χ0) is 9.68. The molecule has 0 aromatic heterocycles. The standard InChI is InChI=1S/C9H8BrNO2/c10-7-2-1-3-8(6-7)11-9(13)4-5-12/h1-3,5-6H,4H2,(H,11,13). The molecule has 1 N–H and O–H groups in total. The Bertz CT molecular complexity index is 325. The molecular formula is C9H8BrNO2. The molecule has 0 spiro atoms. The molecule has 0 aliphatic heterocycles. The fraction of sp³-hybridized carbons (Fsp3) is 0.111. The van der Waals surface area contributed by atoms with E-state index in [-0.39, 0.29) is 12.3 Å². The van der Waals surface area contributed by atoms with Crippen LogP contribution in [0.15, 0.2) is 28.7 Å². The molecule has 1 aromatic rings. The molecule has 13 heavy (non-hydrogen) atoms. The predicted octanol–water partition coefficient (Wildman–Crippen LogP) is 1.98. The Morgan fingerprint density at radius 3 is 2.92 bits per heavy atom. The molecular weight excluding hydrogens is 234 g/mol. The van der Waals surface area contributed by atoms with Crippen molar-refractivity contribution in [2.45, 2.75) is 6.42 Å². The van der Waals surface area contributed by atoms with Crippen molar-refractivity contribution in [3.05, 3.63) is 28.7 Å². The van der Waals surface area contributed by atoms with Crippen LogP contribution < -0.4 is 5.32 Å². The van der Waals surface area contributed by atoms with E-state index in [1.807, 2.05) is 6.07 Å². The molecule has 0 bridgehead atoms. The molecule has 0 saturated heterocycles. The van der Waals surface area contributed by atoms with Gasteiger partial charge in [-0.2, -0.15) is 0 Å². The van der Waals surface area contributed by atoms with Crippen LogP contribution in [0.25, 0.3) is 0 Å². The first-order chi connectivity index (χ1) is 6.22. The Kier molecular flexibility index (Phi) is 3.64. The second kappa shape index (κ2) is 4.77. The summed E-state index contributed by atoms with van der Waals surface area (Å²) in [7, 11) is 0. The number of benzene rings is 1. The number of rotatable bonds is 3. The van der Waals surface area contributed by atoms with Crippen LogP contribution in [0, 0.1) is 0 Å². The van der Waals surface area contributed by atoms with Crippen LogP contribution in [-0.2, 0) is 9.59 Å². The second-order valence-corrected chi connectivity index (χ2v) is 3.34. The van der Waals surface area contributed by atoms with Gasteiger partial charge in [-0.1, -0.05) is 22.0 Å². The molecule has 0 heterocycles. The van der Waals surface area contributed by atoms with Crippen molar-refractivity contribution < 1.29 is 9.59 Å². The van der Waals surface area contributed by atoms with Gasteiger partial charge in [0.2, 0.25) is 5.91 Å². The normalized spacial score (nSPS) is 9.31. The minimum Gasteiger partial charge on any atom is -0.326 e. The zero-order valence-corrected chi connectivity index (χ0v) is 8.37. The van der Waals surface area contributed by atoms with Crippen molar-refractivity contribution in [1.29, 1.82) is 0 Å². The van der Waals surface area contributed by atoms with Gasteiger partial charge in [-0.05, 0) is 18.2 Å². The zero-order valence-electron chi connectivity index (χ0n) is 6.79. The van der Waals surface area contributed by atoms with Crippen molar-refractivity contribution in [1.82, 2.24) is 0 Å². The van der Waals surface area contributed by atoms with E-state index in [2.05, 4.69) is 21.2 Å². The maximum absolute atomic E-state index is 11.0. The molecule has 0 saturated carbocycles. The fourth-order valence-electron chi connectivity index (χ4n) is 0.854. The van der Waals surface area contributed by atoms with Gasteiger partial charge in [0.25, 0.3) is 0 Å². The van der Waals surface area contributed by atoms with Crippen LogP contribution in [0.5, 0.6) is 0 Å². The molecule has 1 aromatic carbocycles. The number of hydrogen-bond donors (Lipinski definition) is 1. The van der Waals surface area contributed by atoms with Crippen molar-refractivity contribution in [2.24, 2.45) is 0 Å². The monoisotopic (exact) mass is 241 g/mol. The summed E-state index contributed by atoms with van der Waals surface area (Å²) < 4.78 is 0.886. The fourth-order valence-corrected chi connectivity index (χ4v) is 1.25. The lowest BCUT2D eigenvalue weighted by Gasteiger charge is -2.02. The van der Waals surface area contributed by atoms with Gasteiger partial charge in [0, 0.05) is 10.2 Å². The maximum Gasteiger partial charge on any atom is 0.231 e. The lowest BCUT2D eigenvalue weighted by Crippen LogP contribution is -2.11. The summed E-state index contributed by atoms with van der Waals surface area (Å²) in [5.74, 6) is -0.298. The summed E-state index contributed by atoms with van der Waals surface area (Å²) in [5.41, 5.74) is 0.682. The highest BCUT2D eigenvalue weighted by atomic mass is 79.9. The molecule has 68 valence electrons. The Morgan fingerprint density at radius 2 is 2.31 bits per heavy atom. The second-order valence-electron chi connectivity index (χ2n) is 2.43. The van der Waals surface area contributed by atoms with Gasteiger partial charge in [0.15, 0.2) is 0 Å². The minimum atomic E-state index is -0.298. The number of nitrogens with one attached hydrogen (secondary N) is 1. The summed E-state index contributed by atoms with van der Waals surface area (Å²) in [6.07, 6.45) is 0.472. The summed E-state index contributed by atoms with van der Waals surface area (Å²) in [4.78, 5) is 21.0. The molecule has 0 aliphatic carbocycles. The summed E-state index contributed by atoms with van der Waals surface area (Å²) in [5, 5.41) is 2.58. The molecule has 0 radical (unpaired) electrons. The van der Waals surface area contributed by atoms with Gasteiger partial charge < -0.3 is 10.1 Å². The Hall–Kier alpha value is -1.16. The number of carbonyl (C=O) groups is 2. The van der Waals surface area contributed by atoms with Crippen molar-refractivity contribution in [3.8, 4) is 0 Å². The van der Waals surface area contributed by atoms with Gasteiger partial charge in [-0.15, -0.1) is 0 Å². The van der Waals surface area contributed by atoms with Crippen LogP contribution in [0.2, 0.25) is 0 Å². The van der Waals surface area contributed by atoms with E-state index in [1.54, 1.807) is 18.2 Å². The lowest BCUT2D eigenvalue weighted by atomic mass is 10.3.